The summed E-state index contributed by atoms with van der Waals surface area (Å²) in [6.45, 7) is 4.66. The van der Waals surface area contributed by atoms with E-state index in [0.717, 1.165) is 28.7 Å². The van der Waals surface area contributed by atoms with Crippen LogP contribution in [0.15, 0.2) is 30.3 Å². The third kappa shape index (κ3) is 3.55. The van der Waals surface area contributed by atoms with Crippen LogP contribution in [-0.4, -0.2) is 23.7 Å². The Hall–Kier alpha value is -1.39. The Bertz CT molecular complexity index is 522. The van der Waals surface area contributed by atoms with Gasteiger partial charge in [0.1, 0.15) is 0 Å². The first kappa shape index (κ1) is 14.0. The van der Waals surface area contributed by atoms with E-state index >= 15 is 0 Å². The van der Waals surface area contributed by atoms with Gasteiger partial charge >= 0.3 is 0 Å². The van der Waals surface area contributed by atoms with E-state index in [4.69, 9.17) is 0 Å². The van der Waals surface area contributed by atoms with Gasteiger partial charge in [0.25, 0.3) is 0 Å². The molecule has 4 heteroatoms. The van der Waals surface area contributed by atoms with Gasteiger partial charge in [-0.25, -0.2) is 4.98 Å². The summed E-state index contributed by atoms with van der Waals surface area (Å²) >= 11 is 1.58. The van der Waals surface area contributed by atoms with Gasteiger partial charge in [-0.2, -0.15) is 0 Å². The fraction of sp³-hybridized carbons (Fsp3) is 0.400. The first-order valence-corrected chi connectivity index (χ1v) is 7.30. The lowest BCUT2D eigenvalue weighted by atomic mass is 10.1. The summed E-state index contributed by atoms with van der Waals surface area (Å²) in [5.74, 6) is 0. The molecule has 1 aromatic carbocycles. The third-order valence-corrected chi connectivity index (χ3v) is 4.55. The van der Waals surface area contributed by atoms with Crippen LogP contribution < -0.4 is 4.90 Å². The number of anilines is 1. The van der Waals surface area contributed by atoms with Crippen LogP contribution in [0.2, 0.25) is 0 Å². The fourth-order valence-corrected chi connectivity index (χ4v) is 2.97. The monoisotopic (exact) mass is 276 g/mol. The minimum atomic E-state index is -0.436. The minimum absolute atomic E-state index is 0.436. The van der Waals surface area contributed by atoms with Crippen LogP contribution in [0.1, 0.15) is 29.2 Å². The summed E-state index contributed by atoms with van der Waals surface area (Å²) in [4.78, 5) is 7.64. The molecule has 1 heterocycles. The van der Waals surface area contributed by atoms with E-state index in [1.54, 1.807) is 18.3 Å². The Morgan fingerprint density at radius 3 is 2.58 bits per heavy atom. The number of benzene rings is 1. The molecule has 1 aromatic heterocycles. The average Bonchev–Trinajstić information content (AvgIpc) is 2.79. The quantitative estimate of drug-likeness (QED) is 0.911. The summed E-state index contributed by atoms with van der Waals surface area (Å²) < 4.78 is 0. The zero-order valence-corrected chi connectivity index (χ0v) is 12.4. The second-order valence-corrected chi connectivity index (χ2v) is 5.79. The van der Waals surface area contributed by atoms with Crippen molar-refractivity contribution < 1.29 is 5.11 Å². The molecule has 0 amide bonds. The van der Waals surface area contributed by atoms with Gasteiger partial charge in [0.15, 0.2) is 5.13 Å². The lowest BCUT2D eigenvalue weighted by Gasteiger charge is -2.15. The van der Waals surface area contributed by atoms with E-state index in [2.05, 4.69) is 34.1 Å². The van der Waals surface area contributed by atoms with Crippen molar-refractivity contribution in [3.63, 3.8) is 0 Å². The predicted octanol–water partition coefficient (Wildman–Crippen LogP) is 3.18. The van der Waals surface area contributed by atoms with Gasteiger partial charge in [-0.15, -0.1) is 0 Å². The zero-order valence-electron chi connectivity index (χ0n) is 11.6. The fourth-order valence-electron chi connectivity index (χ4n) is 1.98. The maximum Gasteiger partial charge on any atom is 0.185 e. The molecule has 3 nitrogen and oxygen atoms in total. The van der Waals surface area contributed by atoms with Crippen LogP contribution in [-0.2, 0) is 6.42 Å². The number of hydrogen-bond donors (Lipinski definition) is 1. The Balaban J connectivity index is 2.00. The normalized spacial score (nSPS) is 12.4. The predicted molar refractivity (Wildman–Crippen MR) is 80.9 cm³/mol. The number of aliphatic hydroxyl groups excluding tert-OH is 1. The van der Waals surface area contributed by atoms with Gasteiger partial charge < -0.3 is 10.0 Å². The maximum atomic E-state index is 9.66. The van der Waals surface area contributed by atoms with Crippen LogP contribution in [0.5, 0.6) is 0 Å². The molecule has 0 aliphatic heterocycles. The number of aliphatic hydroxyl groups is 1. The van der Waals surface area contributed by atoms with Crippen LogP contribution in [0, 0.1) is 6.92 Å². The number of rotatable bonds is 5. The maximum absolute atomic E-state index is 9.66. The molecular formula is C15H20N2OS. The number of hydrogen-bond acceptors (Lipinski definition) is 4. The first-order chi connectivity index (χ1) is 9.08. The van der Waals surface area contributed by atoms with E-state index in [9.17, 15) is 5.11 Å². The van der Waals surface area contributed by atoms with E-state index in [-0.39, 0.29) is 0 Å². The molecule has 0 spiro atoms. The van der Waals surface area contributed by atoms with Crippen molar-refractivity contribution in [1.82, 2.24) is 4.98 Å². The highest BCUT2D eigenvalue weighted by Gasteiger charge is 2.14. The smallest absolute Gasteiger partial charge is 0.185 e. The van der Waals surface area contributed by atoms with Crippen LogP contribution >= 0.6 is 11.3 Å². The standard InChI is InChI=1S/C15H20N2OS/c1-11-14(12(2)18)19-15(16-11)17(3)10-9-13-7-5-4-6-8-13/h4-8,12,18H,9-10H2,1-3H3. The molecular weight excluding hydrogens is 256 g/mol. The molecule has 0 aliphatic rings. The van der Waals surface area contributed by atoms with E-state index < -0.39 is 6.10 Å². The average molecular weight is 276 g/mol. The highest BCUT2D eigenvalue weighted by atomic mass is 32.1. The van der Waals surface area contributed by atoms with E-state index in [1.807, 2.05) is 20.0 Å². The summed E-state index contributed by atoms with van der Waals surface area (Å²) in [5.41, 5.74) is 2.26. The lowest BCUT2D eigenvalue weighted by molar-refractivity contribution is 0.202. The van der Waals surface area contributed by atoms with Crippen LogP contribution in [0.4, 0.5) is 5.13 Å². The molecule has 19 heavy (non-hydrogen) atoms. The van der Waals surface area contributed by atoms with Gasteiger partial charge in [0, 0.05) is 13.6 Å². The molecule has 0 saturated heterocycles. The first-order valence-electron chi connectivity index (χ1n) is 6.48. The minimum Gasteiger partial charge on any atom is -0.388 e. The van der Waals surface area contributed by atoms with Gasteiger partial charge in [-0.3, -0.25) is 0 Å². The Morgan fingerprint density at radius 2 is 2.00 bits per heavy atom. The Labute approximate surface area is 118 Å². The van der Waals surface area contributed by atoms with E-state index in [0.29, 0.717) is 0 Å². The highest BCUT2D eigenvalue weighted by molar-refractivity contribution is 7.15. The molecule has 2 aromatic rings. The Morgan fingerprint density at radius 1 is 1.32 bits per heavy atom. The molecule has 1 N–H and O–H groups in total. The van der Waals surface area contributed by atoms with Gasteiger partial charge in [-0.05, 0) is 25.8 Å². The number of thiazole rings is 1. The largest absolute Gasteiger partial charge is 0.388 e. The second-order valence-electron chi connectivity index (χ2n) is 4.78. The lowest BCUT2D eigenvalue weighted by Crippen LogP contribution is -2.20. The number of likely N-dealkylation sites (N-methyl/N-ethyl adjacent to an activating group) is 1. The second kappa shape index (κ2) is 6.17. The number of aryl methyl sites for hydroxylation is 1. The van der Waals surface area contributed by atoms with Crippen molar-refractivity contribution in [1.29, 1.82) is 0 Å². The van der Waals surface area contributed by atoms with Crippen LogP contribution in [0.25, 0.3) is 0 Å². The molecule has 0 fully saturated rings. The van der Waals surface area contributed by atoms with Gasteiger partial charge in [0.2, 0.25) is 0 Å². The molecule has 0 saturated carbocycles. The molecule has 1 unspecified atom stereocenters. The molecule has 1 atom stereocenters. The van der Waals surface area contributed by atoms with Crippen molar-refractivity contribution in [2.75, 3.05) is 18.5 Å². The van der Waals surface area contributed by atoms with Crippen molar-refractivity contribution in [3.8, 4) is 0 Å². The number of nitrogens with zero attached hydrogens (tertiary/aromatic N) is 2. The van der Waals surface area contributed by atoms with Crippen molar-refractivity contribution >= 4 is 16.5 Å². The summed E-state index contributed by atoms with van der Waals surface area (Å²) in [6.07, 6.45) is 0.564. The topological polar surface area (TPSA) is 36.4 Å². The summed E-state index contributed by atoms with van der Waals surface area (Å²) in [5, 5.41) is 10.6. The van der Waals surface area contributed by atoms with Crippen molar-refractivity contribution in [2.45, 2.75) is 26.4 Å². The number of aromatic nitrogens is 1. The zero-order chi connectivity index (χ0) is 13.8. The van der Waals surface area contributed by atoms with Crippen molar-refractivity contribution in [3.05, 3.63) is 46.5 Å². The molecule has 2 rings (SSSR count). The third-order valence-electron chi connectivity index (χ3n) is 3.11. The molecule has 0 aliphatic carbocycles. The molecule has 102 valence electrons. The SMILES string of the molecule is Cc1nc(N(C)CCc2ccccc2)sc1C(C)O. The Kier molecular flexibility index (Phi) is 4.56. The molecule has 0 radical (unpaired) electrons. The van der Waals surface area contributed by atoms with E-state index in [1.165, 1.54) is 5.56 Å². The summed E-state index contributed by atoms with van der Waals surface area (Å²) in [6, 6.07) is 10.4. The van der Waals surface area contributed by atoms with Crippen LogP contribution in [0.3, 0.4) is 0 Å². The van der Waals surface area contributed by atoms with Gasteiger partial charge in [0.05, 0.1) is 16.7 Å². The molecule has 0 bridgehead atoms. The van der Waals surface area contributed by atoms with Gasteiger partial charge in [-0.1, -0.05) is 41.7 Å². The summed E-state index contributed by atoms with van der Waals surface area (Å²) in [7, 11) is 2.05. The van der Waals surface area contributed by atoms with Crippen molar-refractivity contribution in [2.24, 2.45) is 0 Å². The highest BCUT2D eigenvalue weighted by Crippen LogP contribution is 2.29.